The number of hydrogen-bond donors (Lipinski definition) is 3. The first kappa shape index (κ1) is 20.8. The average molecular weight is 438 g/mol. The molecule has 3 aliphatic rings. The number of fused-ring (bicyclic) bond motifs is 1. The maximum absolute atomic E-state index is 12.9. The Morgan fingerprint density at radius 1 is 1.09 bits per heavy atom. The van der Waals surface area contributed by atoms with Crippen molar-refractivity contribution in [2.75, 3.05) is 13.1 Å². The fourth-order valence-corrected chi connectivity index (χ4v) is 4.76. The highest BCUT2D eigenvalue weighted by Gasteiger charge is 2.39. The molecule has 9 nitrogen and oxygen atoms in total. The number of carbonyl (C=O) groups is 3. The van der Waals surface area contributed by atoms with E-state index in [0.717, 1.165) is 48.5 Å². The second-order valence-electron chi connectivity index (χ2n) is 8.74. The van der Waals surface area contributed by atoms with E-state index < -0.39 is 6.04 Å². The van der Waals surface area contributed by atoms with Crippen molar-refractivity contribution in [1.29, 1.82) is 0 Å². The summed E-state index contributed by atoms with van der Waals surface area (Å²) in [4.78, 5) is 38.1. The molecule has 0 spiro atoms. The third-order valence-electron chi connectivity index (χ3n) is 6.56. The summed E-state index contributed by atoms with van der Waals surface area (Å²) in [6.45, 7) is 3.58. The number of nitrogens with zero attached hydrogens (tertiary/aromatic N) is 2. The van der Waals surface area contributed by atoms with Crippen LogP contribution < -0.4 is 16.0 Å². The van der Waals surface area contributed by atoms with Gasteiger partial charge in [0.25, 0.3) is 5.91 Å². The van der Waals surface area contributed by atoms with Gasteiger partial charge in [-0.05, 0) is 49.5 Å². The largest absolute Gasteiger partial charge is 0.360 e. The molecule has 2 saturated heterocycles. The number of amides is 3. The molecule has 1 unspecified atom stereocenters. The summed E-state index contributed by atoms with van der Waals surface area (Å²) < 4.78 is 5.49. The summed E-state index contributed by atoms with van der Waals surface area (Å²) in [6, 6.07) is 7.27. The minimum atomic E-state index is -0.588. The Labute approximate surface area is 185 Å². The minimum absolute atomic E-state index is 0.154. The van der Waals surface area contributed by atoms with E-state index >= 15 is 0 Å². The first-order chi connectivity index (χ1) is 15.6. The zero-order chi connectivity index (χ0) is 22.1. The van der Waals surface area contributed by atoms with Crippen molar-refractivity contribution in [3.63, 3.8) is 0 Å². The number of carbonyl (C=O) groups excluding carboxylic acids is 3. The van der Waals surface area contributed by atoms with E-state index in [-0.39, 0.29) is 24.1 Å². The van der Waals surface area contributed by atoms with E-state index in [1.807, 2.05) is 24.3 Å². The summed E-state index contributed by atoms with van der Waals surface area (Å²) in [6.07, 6.45) is 2.79. The second-order valence-corrected chi connectivity index (χ2v) is 8.74. The van der Waals surface area contributed by atoms with Crippen molar-refractivity contribution >= 4 is 17.7 Å². The van der Waals surface area contributed by atoms with Crippen LogP contribution in [0.4, 0.5) is 0 Å². The molecule has 0 radical (unpaired) electrons. The summed E-state index contributed by atoms with van der Waals surface area (Å²) in [5.74, 6) is 0.445. The van der Waals surface area contributed by atoms with E-state index in [1.165, 1.54) is 0 Å². The zero-order valence-corrected chi connectivity index (χ0v) is 17.9. The van der Waals surface area contributed by atoms with Crippen molar-refractivity contribution in [1.82, 2.24) is 26.0 Å². The van der Waals surface area contributed by atoms with Crippen LogP contribution in [-0.4, -0.2) is 46.9 Å². The van der Waals surface area contributed by atoms with E-state index in [4.69, 9.17) is 4.52 Å². The summed E-state index contributed by atoms with van der Waals surface area (Å²) in [5, 5.41) is 13.3. The van der Waals surface area contributed by atoms with Crippen molar-refractivity contribution in [2.24, 2.45) is 0 Å². The molecule has 5 rings (SSSR count). The van der Waals surface area contributed by atoms with Crippen LogP contribution in [-0.2, 0) is 29.2 Å². The Morgan fingerprint density at radius 2 is 1.94 bits per heavy atom. The first-order valence-corrected chi connectivity index (χ1v) is 11.2. The number of hydrogen-bond acceptors (Lipinski definition) is 7. The van der Waals surface area contributed by atoms with Gasteiger partial charge in [-0.1, -0.05) is 17.3 Å². The quantitative estimate of drug-likeness (QED) is 0.581. The predicted octanol–water partition coefficient (Wildman–Crippen LogP) is 1.19. The molecule has 2 aromatic rings. The van der Waals surface area contributed by atoms with Gasteiger partial charge in [-0.25, -0.2) is 0 Å². The lowest BCUT2D eigenvalue weighted by Gasteiger charge is -2.29. The molecular weight excluding hydrogens is 410 g/mol. The smallest absolute Gasteiger partial charge is 0.255 e. The summed E-state index contributed by atoms with van der Waals surface area (Å²) in [7, 11) is 0. The number of piperidine rings is 2. The highest BCUT2D eigenvalue weighted by molar-refractivity contribution is 6.05. The molecule has 1 aromatic heterocycles. The maximum atomic E-state index is 12.9. The lowest BCUT2D eigenvalue weighted by atomic mass is 9.95. The van der Waals surface area contributed by atoms with Gasteiger partial charge in [-0.3, -0.25) is 19.7 Å². The topological polar surface area (TPSA) is 117 Å². The minimum Gasteiger partial charge on any atom is -0.360 e. The molecule has 4 heterocycles. The number of benzene rings is 1. The van der Waals surface area contributed by atoms with Crippen LogP contribution in [0.1, 0.15) is 64.5 Å². The zero-order valence-electron chi connectivity index (χ0n) is 17.9. The normalized spacial score (nSPS) is 21.7. The van der Waals surface area contributed by atoms with E-state index in [1.54, 1.807) is 4.90 Å². The lowest BCUT2D eigenvalue weighted by molar-refractivity contribution is -0.136. The van der Waals surface area contributed by atoms with Crippen LogP contribution in [0.25, 0.3) is 0 Å². The van der Waals surface area contributed by atoms with Crippen LogP contribution >= 0.6 is 0 Å². The van der Waals surface area contributed by atoms with Crippen molar-refractivity contribution in [3.8, 4) is 0 Å². The van der Waals surface area contributed by atoms with Crippen molar-refractivity contribution < 1.29 is 18.9 Å². The molecular formula is C23H27N5O4. The van der Waals surface area contributed by atoms with E-state index in [9.17, 15) is 14.4 Å². The van der Waals surface area contributed by atoms with Gasteiger partial charge in [0, 0.05) is 37.1 Å². The monoisotopic (exact) mass is 437 g/mol. The SMILES string of the molecule is O=C1CCC(N2Cc3ccc(CNCc4cc(C5CCNCC5)no4)cc3C2=O)C(=O)N1. The van der Waals surface area contributed by atoms with Crippen molar-refractivity contribution in [3.05, 3.63) is 52.4 Å². The van der Waals surface area contributed by atoms with Crippen LogP contribution in [0.2, 0.25) is 0 Å². The summed E-state index contributed by atoms with van der Waals surface area (Å²) >= 11 is 0. The Morgan fingerprint density at radius 3 is 2.75 bits per heavy atom. The molecule has 32 heavy (non-hydrogen) atoms. The van der Waals surface area contributed by atoms with Crippen LogP contribution in [0.5, 0.6) is 0 Å². The molecule has 1 atom stereocenters. The number of rotatable bonds is 6. The number of nitrogens with one attached hydrogen (secondary N) is 3. The maximum Gasteiger partial charge on any atom is 0.255 e. The van der Waals surface area contributed by atoms with Gasteiger partial charge in [0.15, 0.2) is 5.76 Å². The standard InChI is InChI=1S/C23H27N5O4/c29-21-4-3-20(22(30)26-21)28-13-16-2-1-14(9-18(16)23(28)31)11-25-12-17-10-19(27-32-17)15-5-7-24-8-6-15/h1-2,9-10,15,20,24-25H,3-8,11-13H2,(H,26,29,30). The van der Waals surface area contributed by atoms with Gasteiger partial charge >= 0.3 is 0 Å². The molecule has 3 aliphatic heterocycles. The molecule has 0 saturated carbocycles. The Balaban J connectivity index is 1.18. The fourth-order valence-electron chi connectivity index (χ4n) is 4.76. The molecule has 1 aromatic carbocycles. The van der Waals surface area contributed by atoms with Crippen LogP contribution in [0.15, 0.2) is 28.8 Å². The molecule has 168 valence electrons. The summed E-state index contributed by atoms with van der Waals surface area (Å²) in [5.41, 5.74) is 3.55. The van der Waals surface area contributed by atoms with Gasteiger partial charge < -0.3 is 20.1 Å². The van der Waals surface area contributed by atoms with Crippen LogP contribution in [0.3, 0.4) is 0 Å². The number of aromatic nitrogens is 1. The third-order valence-corrected chi connectivity index (χ3v) is 6.56. The molecule has 2 fully saturated rings. The van der Waals surface area contributed by atoms with E-state index in [2.05, 4.69) is 21.1 Å². The Kier molecular flexibility index (Phi) is 5.75. The molecule has 3 amide bonds. The highest BCUT2D eigenvalue weighted by Crippen LogP contribution is 2.28. The molecule has 3 N–H and O–H groups in total. The Bertz CT molecular complexity index is 1040. The second kappa shape index (κ2) is 8.84. The van der Waals surface area contributed by atoms with Gasteiger partial charge in [0.05, 0.1) is 12.2 Å². The Hall–Kier alpha value is -3.04. The van der Waals surface area contributed by atoms with Gasteiger partial charge in [0.1, 0.15) is 6.04 Å². The fraction of sp³-hybridized carbons (Fsp3) is 0.478. The van der Waals surface area contributed by atoms with Crippen LogP contribution in [0, 0.1) is 0 Å². The van der Waals surface area contributed by atoms with Crippen molar-refractivity contribution in [2.45, 2.75) is 57.3 Å². The highest BCUT2D eigenvalue weighted by atomic mass is 16.5. The molecule has 0 bridgehead atoms. The average Bonchev–Trinajstić information content (AvgIpc) is 3.40. The first-order valence-electron chi connectivity index (χ1n) is 11.2. The predicted molar refractivity (Wildman–Crippen MR) is 114 cm³/mol. The van der Waals surface area contributed by atoms with Gasteiger partial charge in [0.2, 0.25) is 11.8 Å². The van der Waals surface area contributed by atoms with E-state index in [0.29, 0.717) is 37.5 Å². The lowest BCUT2D eigenvalue weighted by Crippen LogP contribution is -2.52. The number of imide groups is 1. The third kappa shape index (κ3) is 4.18. The molecule has 0 aliphatic carbocycles. The van der Waals surface area contributed by atoms with Gasteiger partial charge in [-0.15, -0.1) is 0 Å². The molecule has 9 heteroatoms. The van der Waals surface area contributed by atoms with Gasteiger partial charge in [-0.2, -0.15) is 0 Å².